The molecule has 0 aliphatic carbocycles. The summed E-state index contributed by atoms with van der Waals surface area (Å²) in [5.41, 5.74) is 2.15. The van der Waals surface area contributed by atoms with E-state index < -0.39 is 4.92 Å². The number of amides is 1. The Morgan fingerprint density at radius 3 is 2.32 bits per heavy atom. The van der Waals surface area contributed by atoms with Crippen molar-refractivity contribution in [1.82, 2.24) is 15.0 Å². The quantitative estimate of drug-likeness (QED) is 0.242. The normalized spacial score (nSPS) is 10.7. The maximum Gasteiger partial charge on any atom is 0.269 e. The smallest absolute Gasteiger partial charge is 0.269 e. The van der Waals surface area contributed by atoms with Crippen LogP contribution in [0, 0.1) is 10.1 Å². The summed E-state index contributed by atoms with van der Waals surface area (Å²) in [6, 6.07) is 22.8. The van der Waals surface area contributed by atoms with Crippen LogP contribution in [-0.2, 0) is 12.8 Å². The van der Waals surface area contributed by atoms with Crippen LogP contribution in [-0.4, -0.2) is 39.0 Å². The highest BCUT2D eigenvalue weighted by Crippen LogP contribution is 2.21. The molecule has 9 heteroatoms. The van der Waals surface area contributed by atoms with E-state index in [0.29, 0.717) is 53.8 Å². The van der Waals surface area contributed by atoms with Crippen LogP contribution in [0.2, 0.25) is 5.02 Å². The van der Waals surface area contributed by atoms with E-state index in [0.717, 1.165) is 5.56 Å². The molecular weight excluding hydrogens is 456 g/mol. The van der Waals surface area contributed by atoms with Gasteiger partial charge in [0.25, 0.3) is 11.6 Å². The van der Waals surface area contributed by atoms with Crippen LogP contribution in [0.25, 0.3) is 11.4 Å². The molecule has 172 valence electrons. The first kappa shape index (κ1) is 23.1. The molecule has 0 unspecified atom stereocenters. The summed E-state index contributed by atoms with van der Waals surface area (Å²) < 4.78 is 5.36. The summed E-state index contributed by atoms with van der Waals surface area (Å²) in [6.07, 6.45) is 1.04. The third-order valence-corrected chi connectivity index (χ3v) is 5.63. The van der Waals surface area contributed by atoms with Crippen molar-refractivity contribution in [2.24, 2.45) is 0 Å². The molecule has 3 aromatic carbocycles. The van der Waals surface area contributed by atoms with Gasteiger partial charge in [-0.3, -0.25) is 14.9 Å². The molecular formula is C25H21ClN4O4. The molecule has 1 heterocycles. The molecule has 0 fully saturated rings. The van der Waals surface area contributed by atoms with Gasteiger partial charge in [0.1, 0.15) is 0 Å². The van der Waals surface area contributed by atoms with Crippen molar-refractivity contribution in [3.05, 3.63) is 111 Å². The number of hydrogen-bond acceptors (Lipinski definition) is 6. The summed E-state index contributed by atoms with van der Waals surface area (Å²) in [4.78, 5) is 29.7. The van der Waals surface area contributed by atoms with Gasteiger partial charge in [0.2, 0.25) is 11.7 Å². The lowest BCUT2D eigenvalue weighted by Gasteiger charge is -2.23. The van der Waals surface area contributed by atoms with E-state index in [-0.39, 0.29) is 11.6 Å². The Kier molecular flexibility index (Phi) is 7.29. The number of carbonyl (C=O) groups excluding carboxylic acids is 1. The summed E-state index contributed by atoms with van der Waals surface area (Å²) in [7, 11) is 0. The van der Waals surface area contributed by atoms with Gasteiger partial charge in [-0.05, 0) is 36.2 Å². The molecule has 4 aromatic rings. The largest absolute Gasteiger partial charge is 0.339 e. The molecule has 8 nitrogen and oxygen atoms in total. The van der Waals surface area contributed by atoms with Crippen LogP contribution in [0.1, 0.15) is 21.8 Å². The van der Waals surface area contributed by atoms with Crippen LogP contribution in [0.3, 0.4) is 0 Å². The summed E-state index contributed by atoms with van der Waals surface area (Å²) in [6.45, 7) is 0.857. The number of nitro benzene ring substituents is 1. The van der Waals surface area contributed by atoms with Gasteiger partial charge in [-0.2, -0.15) is 4.98 Å². The molecule has 0 aliphatic heterocycles. The molecule has 0 atom stereocenters. The highest BCUT2D eigenvalue weighted by molar-refractivity contribution is 6.33. The van der Waals surface area contributed by atoms with E-state index in [4.69, 9.17) is 16.1 Å². The Hall–Kier alpha value is -4.04. The minimum Gasteiger partial charge on any atom is -0.339 e. The van der Waals surface area contributed by atoms with Crippen LogP contribution >= 0.6 is 11.6 Å². The second kappa shape index (κ2) is 10.7. The van der Waals surface area contributed by atoms with E-state index in [1.165, 1.54) is 12.1 Å². The van der Waals surface area contributed by atoms with Crippen molar-refractivity contribution in [1.29, 1.82) is 0 Å². The van der Waals surface area contributed by atoms with Gasteiger partial charge in [-0.15, -0.1) is 0 Å². The summed E-state index contributed by atoms with van der Waals surface area (Å²) >= 11 is 6.27. The van der Waals surface area contributed by atoms with Gasteiger partial charge in [-0.25, -0.2) is 0 Å². The van der Waals surface area contributed by atoms with Crippen LogP contribution in [0.5, 0.6) is 0 Å². The molecule has 0 N–H and O–H groups in total. The summed E-state index contributed by atoms with van der Waals surface area (Å²) in [5.74, 6) is 0.528. The van der Waals surface area contributed by atoms with Crippen molar-refractivity contribution in [2.75, 3.05) is 13.1 Å². The Morgan fingerprint density at radius 2 is 1.62 bits per heavy atom. The molecule has 0 radical (unpaired) electrons. The number of aromatic nitrogens is 2. The fraction of sp³-hybridized carbons (Fsp3) is 0.160. The highest BCUT2D eigenvalue weighted by Gasteiger charge is 2.20. The maximum atomic E-state index is 13.2. The first-order chi connectivity index (χ1) is 16.5. The van der Waals surface area contributed by atoms with Gasteiger partial charge in [0.15, 0.2) is 0 Å². The predicted octanol–water partition coefficient (Wildman–Crippen LogP) is 5.23. The van der Waals surface area contributed by atoms with Gasteiger partial charge in [0.05, 0.1) is 15.5 Å². The molecule has 0 saturated carbocycles. The summed E-state index contributed by atoms with van der Waals surface area (Å²) in [5, 5.41) is 15.2. The van der Waals surface area contributed by atoms with Crippen molar-refractivity contribution in [3.63, 3.8) is 0 Å². The van der Waals surface area contributed by atoms with E-state index in [2.05, 4.69) is 10.1 Å². The Labute approximate surface area is 200 Å². The SMILES string of the molecule is O=C(c1ccccc1Cl)N(CCc1ccccc1)CCc1nc(-c2ccc([N+](=O)[O-])cc2)no1. The number of halogens is 1. The molecule has 0 saturated heterocycles. The molecule has 1 aromatic heterocycles. The fourth-order valence-corrected chi connectivity index (χ4v) is 3.68. The Bertz CT molecular complexity index is 1280. The minimum atomic E-state index is -0.467. The number of rotatable bonds is 9. The van der Waals surface area contributed by atoms with Crippen LogP contribution in [0.15, 0.2) is 83.4 Å². The lowest BCUT2D eigenvalue weighted by atomic mass is 10.1. The fourth-order valence-electron chi connectivity index (χ4n) is 3.47. The van der Waals surface area contributed by atoms with E-state index in [1.54, 1.807) is 41.3 Å². The van der Waals surface area contributed by atoms with Crippen LogP contribution < -0.4 is 0 Å². The highest BCUT2D eigenvalue weighted by atomic mass is 35.5. The zero-order valence-corrected chi connectivity index (χ0v) is 18.9. The molecule has 0 aliphatic rings. The van der Waals surface area contributed by atoms with Crippen LogP contribution in [0.4, 0.5) is 5.69 Å². The van der Waals surface area contributed by atoms with Crippen molar-refractivity contribution in [2.45, 2.75) is 12.8 Å². The second-order valence-corrected chi connectivity index (χ2v) is 7.98. The first-order valence-electron chi connectivity index (χ1n) is 10.7. The monoisotopic (exact) mass is 476 g/mol. The van der Waals surface area contributed by atoms with E-state index >= 15 is 0 Å². The molecule has 34 heavy (non-hydrogen) atoms. The lowest BCUT2D eigenvalue weighted by molar-refractivity contribution is -0.384. The third-order valence-electron chi connectivity index (χ3n) is 5.30. The van der Waals surface area contributed by atoms with E-state index in [1.807, 2.05) is 30.3 Å². The third kappa shape index (κ3) is 5.65. The number of benzene rings is 3. The number of carbonyl (C=O) groups is 1. The predicted molar refractivity (Wildman–Crippen MR) is 128 cm³/mol. The standard InChI is InChI=1S/C25H21ClN4O4/c26-22-9-5-4-8-21(22)25(31)29(16-14-18-6-2-1-3-7-18)17-15-23-27-24(28-34-23)19-10-12-20(13-11-19)30(32)33/h1-13H,14-17H2. The number of hydrogen-bond donors (Lipinski definition) is 0. The van der Waals surface area contributed by atoms with Gasteiger partial charge in [-0.1, -0.05) is 59.2 Å². The number of non-ortho nitro benzene ring substituents is 1. The number of nitrogens with zero attached hydrogens (tertiary/aromatic N) is 4. The van der Waals surface area contributed by atoms with Gasteiger partial charge < -0.3 is 9.42 Å². The molecule has 4 rings (SSSR count). The maximum absolute atomic E-state index is 13.2. The zero-order chi connectivity index (χ0) is 23.9. The van der Waals surface area contributed by atoms with Gasteiger partial charge in [0, 0.05) is 37.2 Å². The second-order valence-electron chi connectivity index (χ2n) is 7.57. The minimum absolute atomic E-state index is 0.0142. The van der Waals surface area contributed by atoms with E-state index in [9.17, 15) is 14.9 Å². The van der Waals surface area contributed by atoms with Gasteiger partial charge >= 0.3 is 0 Å². The average Bonchev–Trinajstić information content (AvgIpc) is 3.34. The topological polar surface area (TPSA) is 102 Å². The van der Waals surface area contributed by atoms with Crippen molar-refractivity contribution < 1.29 is 14.2 Å². The Balaban J connectivity index is 1.47. The zero-order valence-electron chi connectivity index (χ0n) is 18.1. The Morgan fingerprint density at radius 1 is 0.941 bits per heavy atom. The van der Waals surface area contributed by atoms with Crippen molar-refractivity contribution in [3.8, 4) is 11.4 Å². The molecule has 0 bridgehead atoms. The molecule has 1 amide bonds. The van der Waals surface area contributed by atoms with Crippen molar-refractivity contribution >= 4 is 23.2 Å². The average molecular weight is 477 g/mol. The molecule has 0 spiro atoms. The lowest BCUT2D eigenvalue weighted by Crippen LogP contribution is -2.35. The first-order valence-corrected chi connectivity index (χ1v) is 11.0. The number of nitro groups is 1.